The van der Waals surface area contributed by atoms with Crippen molar-refractivity contribution in [3.63, 3.8) is 0 Å². The molecule has 4 aromatic rings. The number of nitrogens with one attached hydrogen (secondary N) is 1. The molecular weight excluding hydrogens is 642 g/mol. The van der Waals surface area contributed by atoms with Gasteiger partial charge in [0.1, 0.15) is 18.3 Å². The van der Waals surface area contributed by atoms with Crippen molar-refractivity contribution in [2.45, 2.75) is 37.2 Å². The van der Waals surface area contributed by atoms with Crippen LogP contribution >= 0.6 is 15.9 Å². The highest BCUT2D eigenvalue weighted by molar-refractivity contribution is 9.10. The monoisotopic (exact) mass is 677 g/mol. The maximum atomic E-state index is 14.4. The second kappa shape index (κ2) is 15.5. The minimum absolute atomic E-state index is 0.0451. The van der Waals surface area contributed by atoms with Crippen molar-refractivity contribution >= 4 is 43.5 Å². The third-order valence-corrected chi connectivity index (χ3v) is 9.31. The first-order valence-electron chi connectivity index (χ1n) is 14.3. The molecule has 0 aliphatic carbocycles. The van der Waals surface area contributed by atoms with Crippen LogP contribution in [0.1, 0.15) is 24.5 Å². The summed E-state index contributed by atoms with van der Waals surface area (Å²) in [5, 5.41) is 2.95. The van der Waals surface area contributed by atoms with Crippen LogP contribution in [0.3, 0.4) is 0 Å². The zero-order valence-corrected chi connectivity index (χ0v) is 27.1. The number of hydrogen-bond donors (Lipinski definition) is 1. The van der Waals surface area contributed by atoms with Crippen LogP contribution in [0.25, 0.3) is 0 Å². The molecular formula is C34H36BrN3O5S. The molecule has 1 N–H and O–H groups in total. The lowest BCUT2D eigenvalue weighted by atomic mass is 10.0. The summed E-state index contributed by atoms with van der Waals surface area (Å²) in [7, 11) is -2.64. The Morgan fingerprint density at radius 2 is 1.50 bits per heavy atom. The van der Waals surface area contributed by atoms with E-state index in [0.717, 1.165) is 26.3 Å². The molecule has 0 bridgehead atoms. The smallest absolute Gasteiger partial charge is 0.264 e. The fraction of sp³-hybridized carbons (Fsp3) is 0.235. The van der Waals surface area contributed by atoms with E-state index in [1.54, 1.807) is 42.5 Å². The number of hydrogen-bond acceptors (Lipinski definition) is 5. The lowest BCUT2D eigenvalue weighted by Crippen LogP contribution is -2.53. The van der Waals surface area contributed by atoms with Gasteiger partial charge < -0.3 is 15.0 Å². The van der Waals surface area contributed by atoms with Gasteiger partial charge in [0.25, 0.3) is 10.0 Å². The van der Waals surface area contributed by atoms with Gasteiger partial charge in [-0.15, -0.1) is 0 Å². The van der Waals surface area contributed by atoms with E-state index in [2.05, 4.69) is 21.2 Å². The molecule has 0 saturated carbocycles. The normalized spacial score (nSPS) is 11.8. The first kappa shape index (κ1) is 32.8. The Morgan fingerprint density at radius 3 is 2.11 bits per heavy atom. The standard InChI is InChI=1S/C34H36BrN3O5S/c1-3-21-36-34(40)32(23-26-11-6-4-7-12-26)37(24-27-13-10-14-28(35)22-27)33(39)25-38(29-17-19-30(43-2)20-18-29)44(41,42)31-15-8-5-9-16-31/h4-20,22,32H,3,21,23-25H2,1-2H3,(H,36,40)/t32-/m1/s1. The zero-order valence-electron chi connectivity index (χ0n) is 24.7. The number of benzene rings is 4. The molecule has 0 radical (unpaired) electrons. The lowest BCUT2D eigenvalue weighted by Gasteiger charge is -2.34. The average Bonchev–Trinajstić information content (AvgIpc) is 3.05. The molecule has 44 heavy (non-hydrogen) atoms. The molecule has 0 saturated heterocycles. The molecule has 1 atom stereocenters. The Kier molecular flexibility index (Phi) is 11.6. The number of carbonyl (C=O) groups excluding carboxylic acids is 2. The van der Waals surface area contributed by atoms with Gasteiger partial charge in [-0.3, -0.25) is 13.9 Å². The van der Waals surface area contributed by atoms with Crippen molar-refractivity contribution in [1.82, 2.24) is 10.2 Å². The van der Waals surface area contributed by atoms with Crippen molar-refractivity contribution < 1.29 is 22.7 Å². The number of methoxy groups -OCH3 is 1. The SMILES string of the molecule is CCCNC(=O)[C@@H](Cc1ccccc1)N(Cc1cccc(Br)c1)C(=O)CN(c1ccc(OC)cc1)S(=O)(=O)c1ccccc1. The van der Waals surface area contributed by atoms with Crippen LogP contribution in [0.5, 0.6) is 5.75 Å². The third kappa shape index (κ3) is 8.48. The highest BCUT2D eigenvalue weighted by Gasteiger charge is 2.34. The average molecular weight is 679 g/mol. The fourth-order valence-corrected chi connectivity index (χ4v) is 6.63. The molecule has 0 fully saturated rings. The second-order valence-electron chi connectivity index (χ2n) is 10.2. The molecule has 0 aliphatic heterocycles. The topological polar surface area (TPSA) is 96.0 Å². The molecule has 8 nitrogen and oxygen atoms in total. The van der Waals surface area contributed by atoms with Gasteiger partial charge in [-0.1, -0.05) is 83.5 Å². The van der Waals surface area contributed by atoms with Gasteiger partial charge in [-0.25, -0.2) is 8.42 Å². The number of ether oxygens (including phenoxy) is 1. The van der Waals surface area contributed by atoms with Gasteiger partial charge in [0, 0.05) is 24.0 Å². The Hall–Kier alpha value is -4.15. The van der Waals surface area contributed by atoms with Crippen LogP contribution in [0.2, 0.25) is 0 Å². The van der Waals surface area contributed by atoms with E-state index in [0.29, 0.717) is 18.0 Å². The summed E-state index contributed by atoms with van der Waals surface area (Å²) in [4.78, 5) is 29.7. The first-order chi connectivity index (χ1) is 21.2. The van der Waals surface area contributed by atoms with E-state index in [1.165, 1.54) is 24.1 Å². The summed E-state index contributed by atoms with van der Waals surface area (Å²) in [6.45, 7) is 1.97. The Balaban J connectivity index is 1.79. The maximum absolute atomic E-state index is 14.4. The van der Waals surface area contributed by atoms with Gasteiger partial charge in [-0.2, -0.15) is 0 Å². The molecule has 0 spiro atoms. The predicted octanol–water partition coefficient (Wildman–Crippen LogP) is 5.82. The van der Waals surface area contributed by atoms with Crippen LogP contribution in [0.15, 0.2) is 119 Å². The van der Waals surface area contributed by atoms with E-state index in [9.17, 15) is 18.0 Å². The van der Waals surface area contributed by atoms with Crippen molar-refractivity contribution in [2.75, 3.05) is 24.5 Å². The minimum atomic E-state index is -4.16. The molecule has 4 aromatic carbocycles. The first-order valence-corrected chi connectivity index (χ1v) is 16.5. The highest BCUT2D eigenvalue weighted by atomic mass is 79.9. The number of amides is 2. The summed E-state index contributed by atoms with van der Waals surface area (Å²) in [6, 6.07) is 30.5. The molecule has 4 rings (SSSR count). The van der Waals surface area contributed by atoms with E-state index in [-0.39, 0.29) is 23.8 Å². The van der Waals surface area contributed by atoms with E-state index < -0.39 is 28.5 Å². The van der Waals surface area contributed by atoms with E-state index >= 15 is 0 Å². The molecule has 0 heterocycles. The molecule has 0 aromatic heterocycles. The second-order valence-corrected chi connectivity index (χ2v) is 12.9. The maximum Gasteiger partial charge on any atom is 0.264 e. The molecule has 0 aliphatic rings. The van der Waals surface area contributed by atoms with Gasteiger partial charge >= 0.3 is 0 Å². The molecule has 0 unspecified atom stereocenters. The quantitative estimate of drug-likeness (QED) is 0.182. The third-order valence-electron chi connectivity index (χ3n) is 7.03. The summed E-state index contributed by atoms with van der Waals surface area (Å²) in [5.74, 6) is -0.280. The van der Waals surface area contributed by atoms with Gasteiger partial charge in [0.2, 0.25) is 11.8 Å². The van der Waals surface area contributed by atoms with Crippen LogP contribution in [-0.4, -0.2) is 51.4 Å². The summed E-state index contributed by atoms with van der Waals surface area (Å²) >= 11 is 3.50. The number of halogens is 1. The van der Waals surface area contributed by atoms with E-state index in [1.807, 2.05) is 61.5 Å². The number of carbonyl (C=O) groups is 2. The Morgan fingerprint density at radius 1 is 0.864 bits per heavy atom. The Labute approximate surface area is 267 Å². The van der Waals surface area contributed by atoms with Gasteiger partial charge in [0.15, 0.2) is 0 Å². The van der Waals surface area contributed by atoms with Crippen molar-refractivity contribution in [3.8, 4) is 5.75 Å². The fourth-order valence-electron chi connectivity index (χ4n) is 4.75. The van der Waals surface area contributed by atoms with Crippen LogP contribution in [0, 0.1) is 0 Å². The summed E-state index contributed by atoms with van der Waals surface area (Å²) in [5.41, 5.74) is 1.96. The number of anilines is 1. The van der Waals surface area contributed by atoms with Gasteiger partial charge in [0.05, 0.1) is 17.7 Å². The van der Waals surface area contributed by atoms with E-state index in [4.69, 9.17) is 4.74 Å². The van der Waals surface area contributed by atoms with Gasteiger partial charge in [-0.05, 0) is 66.1 Å². The Bertz CT molecular complexity index is 1630. The van der Waals surface area contributed by atoms with Crippen LogP contribution < -0.4 is 14.4 Å². The van der Waals surface area contributed by atoms with Crippen molar-refractivity contribution in [1.29, 1.82) is 0 Å². The lowest BCUT2D eigenvalue weighted by molar-refractivity contribution is -0.140. The summed E-state index contributed by atoms with van der Waals surface area (Å²) < 4.78 is 35.2. The predicted molar refractivity (Wildman–Crippen MR) is 176 cm³/mol. The highest BCUT2D eigenvalue weighted by Crippen LogP contribution is 2.27. The zero-order chi connectivity index (χ0) is 31.5. The summed E-state index contributed by atoms with van der Waals surface area (Å²) in [6.07, 6.45) is 0.980. The molecule has 230 valence electrons. The molecule has 2 amide bonds. The van der Waals surface area contributed by atoms with Crippen molar-refractivity contribution in [3.05, 3.63) is 125 Å². The van der Waals surface area contributed by atoms with Crippen LogP contribution in [-0.2, 0) is 32.6 Å². The van der Waals surface area contributed by atoms with Crippen molar-refractivity contribution in [2.24, 2.45) is 0 Å². The van der Waals surface area contributed by atoms with Crippen LogP contribution in [0.4, 0.5) is 5.69 Å². The molecule has 10 heteroatoms. The largest absolute Gasteiger partial charge is 0.497 e. The minimum Gasteiger partial charge on any atom is -0.497 e. The number of rotatable bonds is 14. The number of sulfonamides is 1. The number of nitrogens with zero attached hydrogens (tertiary/aromatic N) is 2.